The van der Waals surface area contributed by atoms with E-state index in [0.717, 1.165) is 49.8 Å². The smallest absolute Gasteiger partial charge is 0.245 e. The summed E-state index contributed by atoms with van der Waals surface area (Å²) in [6, 6.07) is 6.93. The van der Waals surface area contributed by atoms with Gasteiger partial charge in [-0.15, -0.1) is 5.10 Å². The van der Waals surface area contributed by atoms with Gasteiger partial charge < -0.3 is 15.7 Å². The predicted octanol–water partition coefficient (Wildman–Crippen LogP) is 1.74. The maximum absolute atomic E-state index is 9.32. The normalized spacial score (nSPS) is 17.9. The summed E-state index contributed by atoms with van der Waals surface area (Å²) in [4.78, 5) is 6.75. The molecule has 1 saturated heterocycles. The van der Waals surface area contributed by atoms with E-state index in [2.05, 4.69) is 27.0 Å². The van der Waals surface area contributed by atoms with Crippen LogP contribution < -0.4 is 10.6 Å². The summed E-state index contributed by atoms with van der Waals surface area (Å²) in [6.45, 7) is 4.83. The molecule has 0 unspecified atom stereocenters. The van der Waals surface area contributed by atoms with Gasteiger partial charge in [-0.25, -0.2) is 0 Å². The van der Waals surface area contributed by atoms with Crippen molar-refractivity contribution in [2.75, 3.05) is 24.5 Å². The number of aromatic nitrogens is 3. The van der Waals surface area contributed by atoms with E-state index >= 15 is 0 Å². The second kappa shape index (κ2) is 5.37. The van der Waals surface area contributed by atoms with Gasteiger partial charge in [0, 0.05) is 18.7 Å². The van der Waals surface area contributed by atoms with Crippen molar-refractivity contribution in [1.29, 1.82) is 0 Å². The lowest BCUT2D eigenvalue weighted by Crippen LogP contribution is -2.42. The van der Waals surface area contributed by atoms with E-state index < -0.39 is 0 Å². The minimum Gasteiger partial charge on any atom is -0.508 e. The number of anilines is 1. The number of nitrogens with one attached hydrogen (secondary N) is 1. The van der Waals surface area contributed by atoms with E-state index in [0.29, 0.717) is 0 Å². The number of phenols is 1. The number of rotatable bonds is 3. The number of benzene rings is 1. The topological polar surface area (TPSA) is 91.1 Å². The van der Waals surface area contributed by atoms with Gasteiger partial charge in [-0.3, -0.25) is 5.10 Å². The van der Waals surface area contributed by atoms with Crippen LogP contribution in [0.5, 0.6) is 5.75 Å². The molecule has 2 heterocycles. The average molecular weight is 287 g/mol. The minimum atomic E-state index is 0.243. The Morgan fingerprint density at radius 3 is 2.57 bits per heavy atom. The molecule has 0 aliphatic carbocycles. The first kappa shape index (κ1) is 13.9. The molecule has 1 aromatic heterocycles. The quantitative estimate of drug-likeness (QED) is 0.800. The number of phenolic OH excluding ortho intramolecular Hbond substituents is 1. The molecule has 0 amide bonds. The average Bonchev–Trinajstić information content (AvgIpc) is 2.98. The maximum Gasteiger partial charge on any atom is 0.245 e. The number of nitrogens with zero attached hydrogens (tertiary/aromatic N) is 3. The highest BCUT2D eigenvalue weighted by molar-refractivity contribution is 5.57. The number of H-pyrrole nitrogens is 1. The Morgan fingerprint density at radius 2 is 1.95 bits per heavy atom. The van der Waals surface area contributed by atoms with Crippen LogP contribution in [-0.4, -0.2) is 39.9 Å². The van der Waals surface area contributed by atoms with Crippen LogP contribution in [0.1, 0.15) is 19.8 Å². The summed E-state index contributed by atoms with van der Waals surface area (Å²) < 4.78 is 0. The summed E-state index contributed by atoms with van der Waals surface area (Å²) >= 11 is 0. The summed E-state index contributed by atoms with van der Waals surface area (Å²) in [7, 11) is 0. The van der Waals surface area contributed by atoms with Crippen molar-refractivity contribution in [3.8, 4) is 17.1 Å². The van der Waals surface area contributed by atoms with Crippen LogP contribution in [0.4, 0.5) is 5.95 Å². The number of nitrogens with two attached hydrogens (primary N) is 1. The predicted molar refractivity (Wildman–Crippen MR) is 82.1 cm³/mol. The Morgan fingerprint density at radius 1 is 1.29 bits per heavy atom. The van der Waals surface area contributed by atoms with Gasteiger partial charge in [0.1, 0.15) is 5.75 Å². The van der Waals surface area contributed by atoms with Crippen LogP contribution in [0.25, 0.3) is 11.4 Å². The maximum atomic E-state index is 9.32. The van der Waals surface area contributed by atoms with Crippen LogP contribution in [0, 0.1) is 5.41 Å². The molecule has 6 heteroatoms. The fraction of sp³-hybridized carbons (Fsp3) is 0.467. The van der Waals surface area contributed by atoms with Crippen molar-refractivity contribution in [2.24, 2.45) is 11.1 Å². The zero-order valence-corrected chi connectivity index (χ0v) is 12.2. The molecule has 0 radical (unpaired) electrons. The van der Waals surface area contributed by atoms with Crippen LogP contribution in [0.15, 0.2) is 24.3 Å². The Hall–Kier alpha value is -2.08. The molecule has 4 N–H and O–H groups in total. The van der Waals surface area contributed by atoms with Crippen molar-refractivity contribution in [3.05, 3.63) is 24.3 Å². The molecule has 0 saturated carbocycles. The van der Waals surface area contributed by atoms with Crippen LogP contribution in [0.2, 0.25) is 0 Å². The molecular weight excluding hydrogens is 266 g/mol. The first-order valence-electron chi connectivity index (χ1n) is 7.26. The second-order valence-electron chi connectivity index (χ2n) is 6.03. The molecule has 3 rings (SSSR count). The van der Waals surface area contributed by atoms with Crippen molar-refractivity contribution < 1.29 is 5.11 Å². The van der Waals surface area contributed by atoms with Gasteiger partial charge in [0.15, 0.2) is 5.82 Å². The van der Waals surface area contributed by atoms with Gasteiger partial charge in [-0.1, -0.05) is 6.92 Å². The Balaban J connectivity index is 1.72. The highest BCUT2D eigenvalue weighted by atomic mass is 16.3. The van der Waals surface area contributed by atoms with E-state index in [1.165, 1.54) is 0 Å². The van der Waals surface area contributed by atoms with Gasteiger partial charge in [-0.05, 0) is 49.1 Å². The van der Waals surface area contributed by atoms with Crippen LogP contribution >= 0.6 is 0 Å². The van der Waals surface area contributed by atoms with Gasteiger partial charge in [-0.2, -0.15) is 4.98 Å². The number of hydrogen-bond donors (Lipinski definition) is 3. The Labute approximate surface area is 124 Å². The van der Waals surface area contributed by atoms with Gasteiger partial charge >= 0.3 is 0 Å². The largest absolute Gasteiger partial charge is 0.508 e. The van der Waals surface area contributed by atoms with Crippen molar-refractivity contribution in [2.45, 2.75) is 19.8 Å². The third kappa shape index (κ3) is 2.85. The lowest BCUT2D eigenvalue weighted by Gasteiger charge is -2.38. The molecule has 112 valence electrons. The van der Waals surface area contributed by atoms with Crippen molar-refractivity contribution >= 4 is 5.95 Å². The summed E-state index contributed by atoms with van der Waals surface area (Å²) in [6.07, 6.45) is 2.12. The first-order chi connectivity index (χ1) is 10.1. The molecule has 21 heavy (non-hydrogen) atoms. The monoisotopic (exact) mass is 287 g/mol. The third-order valence-electron chi connectivity index (χ3n) is 4.36. The fourth-order valence-corrected chi connectivity index (χ4v) is 2.59. The Kier molecular flexibility index (Phi) is 3.55. The molecule has 2 aromatic rings. The molecule has 1 aliphatic heterocycles. The highest BCUT2D eigenvalue weighted by Gasteiger charge is 2.30. The molecule has 0 spiro atoms. The lowest BCUT2D eigenvalue weighted by atomic mass is 9.81. The number of aromatic hydroxyl groups is 1. The number of hydrogen-bond acceptors (Lipinski definition) is 5. The van der Waals surface area contributed by atoms with E-state index in [9.17, 15) is 5.11 Å². The van der Waals surface area contributed by atoms with E-state index in [1.54, 1.807) is 12.1 Å². The zero-order chi connectivity index (χ0) is 14.9. The van der Waals surface area contributed by atoms with Crippen LogP contribution in [0.3, 0.4) is 0 Å². The molecule has 6 nitrogen and oxygen atoms in total. The standard InChI is InChI=1S/C15H21N5O/c1-15(10-16)6-8-20(9-7-15)14-17-13(18-19-14)11-2-4-12(21)5-3-11/h2-5,21H,6-10,16H2,1H3,(H,17,18,19). The van der Waals surface area contributed by atoms with Crippen LogP contribution in [-0.2, 0) is 0 Å². The van der Waals surface area contributed by atoms with Gasteiger partial charge in [0.05, 0.1) is 0 Å². The van der Waals surface area contributed by atoms with E-state index in [4.69, 9.17) is 5.73 Å². The Bertz CT molecular complexity index is 599. The third-order valence-corrected chi connectivity index (χ3v) is 4.36. The summed E-state index contributed by atoms with van der Waals surface area (Å²) in [5.41, 5.74) is 6.99. The molecule has 0 bridgehead atoms. The molecular formula is C15H21N5O. The van der Waals surface area contributed by atoms with E-state index in [1.807, 2.05) is 12.1 Å². The van der Waals surface area contributed by atoms with Crippen molar-refractivity contribution in [1.82, 2.24) is 15.2 Å². The SMILES string of the molecule is CC1(CN)CCN(c2n[nH]c(-c3ccc(O)cc3)n2)CC1. The first-order valence-corrected chi connectivity index (χ1v) is 7.26. The lowest BCUT2D eigenvalue weighted by molar-refractivity contribution is 0.257. The molecule has 0 atom stereocenters. The number of piperidine rings is 1. The second-order valence-corrected chi connectivity index (χ2v) is 6.03. The van der Waals surface area contributed by atoms with Gasteiger partial charge in [0.25, 0.3) is 0 Å². The highest BCUT2D eigenvalue weighted by Crippen LogP contribution is 2.31. The van der Waals surface area contributed by atoms with E-state index in [-0.39, 0.29) is 11.2 Å². The molecule has 1 aliphatic rings. The van der Waals surface area contributed by atoms with Crippen molar-refractivity contribution in [3.63, 3.8) is 0 Å². The molecule has 1 fully saturated rings. The minimum absolute atomic E-state index is 0.243. The van der Waals surface area contributed by atoms with Gasteiger partial charge in [0.2, 0.25) is 5.95 Å². The zero-order valence-electron chi connectivity index (χ0n) is 12.2. The fourth-order valence-electron chi connectivity index (χ4n) is 2.59. The summed E-state index contributed by atoms with van der Waals surface area (Å²) in [5, 5.41) is 16.6. The summed E-state index contributed by atoms with van der Waals surface area (Å²) in [5.74, 6) is 1.70. The molecule has 1 aromatic carbocycles. The number of aromatic amines is 1.